The van der Waals surface area contributed by atoms with Gasteiger partial charge in [-0.25, -0.2) is 0 Å². The predicted molar refractivity (Wildman–Crippen MR) is 70.7 cm³/mol. The molecule has 78 valence electrons. The molecule has 2 heteroatoms. The van der Waals surface area contributed by atoms with Gasteiger partial charge in [0, 0.05) is 10.1 Å². The molecule has 1 unspecified atom stereocenters. The number of hydrogen-bond donors (Lipinski definition) is 1. The number of rotatable bonds is 5. The van der Waals surface area contributed by atoms with Gasteiger partial charge in [-0.15, -0.1) is 0 Å². The molecular weight excluding hydrogens is 285 g/mol. The average Bonchev–Trinajstić information content (AvgIpc) is 2.19. The van der Waals surface area contributed by atoms with E-state index >= 15 is 0 Å². The van der Waals surface area contributed by atoms with Crippen LogP contribution >= 0.6 is 22.6 Å². The number of halogens is 1. The molecule has 0 radical (unpaired) electrons. The quantitative estimate of drug-likeness (QED) is 0.649. The third kappa shape index (κ3) is 3.96. The molecule has 0 amide bonds. The van der Waals surface area contributed by atoms with Gasteiger partial charge in [-0.3, -0.25) is 0 Å². The Morgan fingerprint density at radius 3 is 2.50 bits per heavy atom. The molecule has 0 aliphatic carbocycles. The molecule has 1 atom stereocenters. The summed E-state index contributed by atoms with van der Waals surface area (Å²) in [6.45, 7) is 6.66. The molecule has 0 bridgehead atoms. The van der Waals surface area contributed by atoms with Gasteiger partial charge in [-0.05, 0) is 59.2 Å². The van der Waals surface area contributed by atoms with Crippen molar-refractivity contribution in [2.24, 2.45) is 0 Å². The average molecular weight is 303 g/mol. The summed E-state index contributed by atoms with van der Waals surface area (Å²) >= 11 is 2.34. The third-order valence-corrected chi connectivity index (χ3v) is 3.04. The van der Waals surface area contributed by atoms with Crippen molar-refractivity contribution in [2.45, 2.75) is 26.2 Å². The monoisotopic (exact) mass is 303 g/mol. The summed E-state index contributed by atoms with van der Waals surface area (Å²) in [5, 5.41) is 3.45. The van der Waals surface area contributed by atoms with Gasteiger partial charge in [0.05, 0.1) is 0 Å². The molecule has 1 N–H and O–H groups in total. The molecule has 0 saturated heterocycles. The van der Waals surface area contributed by atoms with E-state index in [0.717, 1.165) is 13.1 Å². The van der Waals surface area contributed by atoms with Crippen LogP contribution in [0.2, 0.25) is 0 Å². The summed E-state index contributed by atoms with van der Waals surface area (Å²) in [4.78, 5) is 0. The molecule has 0 spiro atoms. The van der Waals surface area contributed by atoms with Crippen LogP contribution in [0, 0.1) is 3.57 Å². The van der Waals surface area contributed by atoms with Gasteiger partial charge in [0.25, 0.3) is 0 Å². The highest BCUT2D eigenvalue weighted by molar-refractivity contribution is 14.1. The maximum atomic E-state index is 3.45. The van der Waals surface area contributed by atoms with Crippen LogP contribution in [0.25, 0.3) is 0 Å². The van der Waals surface area contributed by atoms with E-state index in [2.05, 4.69) is 66.0 Å². The zero-order chi connectivity index (χ0) is 10.4. The minimum absolute atomic E-state index is 0.610. The molecule has 0 heterocycles. The fraction of sp³-hybridized carbons (Fsp3) is 0.500. The Morgan fingerprint density at radius 2 is 1.93 bits per heavy atom. The molecule has 14 heavy (non-hydrogen) atoms. The van der Waals surface area contributed by atoms with Crippen LogP contribution in [-0.4, -0.2) is 13.1 Å². The van der Waals surface area contributed by atoms with E-state index in [0.29, 0.717) is 5.92 Å². The maximum absolute atomic E-state index is 3.45. The lowest BCUT2D eigenvalue weighted by molar-refractivity contribution is 0.609. The Hall–Kier alpha value is -0.0900. The van der Waals surface area contributed by atoms with E-state index in [1.54, 1.807) is 0 Å². The summed E-state index contributed by atoms with van der Waals surface area (Å²) in [5.41, 5.74) is 1.43. The van der Waals surface area contributed by atoms with Crippen molar-refractivity contribution in [1.29, 1.82) is 0 Å². The van der Waals surface area contributed by atoms with Gasteiger partial charge >= 0.3 is 0 Å². The minimum atomic E-state index is 0.610. The summed E-state index contributed by atoms with van der Waals surface area (Å²) in [6.07, 6.45) is 1.21. The largest absolute Gasteiger partial charge is 0.316 e. The first-order valence-corrected chi connectivity index (χ1v) is 6.28. The SMILES string of the molecule is CCCNCC(C)c1ccc(I)cc1. The highest BCUT2D eigenvalue weighted by Gasteiger charge is 2.03. The predicted octanol–water partition coefficient (Wildman–Crippen LogP) is 3.39. The van der Waals surface area contributed by atoms with Crippen LogP contribution in [0.4, 0.5) is 0 Å². The normalized spacial score (nSPS) is 12.8. The Balaban J connectivity index is 2.43. The number of nitrogens with one attached hydrogen (secondary N) is 1. The van der Waals surface area contributed by atoms with Crippen molar-refractivity contribution in [3.05, 3.63) is 33.4 Å². The summed E-state index contributed by atoms with van der Waals surface area (Å²) in [6, 6.07) is 8.79. The third-order valence-electron chi connectivity index (χ3n) is 2.32. The molecule has 1 rings (SSSR count). The topological polar surface area (TPSA) is 12.0 Å². The van der Waals surface area contributed by atoms with Gasteiger partial charge in [0.15, 0.2) is 0 Å². The zero-order valence-corrected chi connectivity index (χ0v) is 11.0. The van der Waals surface area contributed by atoms with Crippen LogP contribution in [0.5, 0.6) is 0 Å². The van der Waals surface area contributed by atoms with E-state index in [1.807, 2.05) is 0 Å². The van der Waals surface area contributed by atoms with Gasteiger partial charge in [-0.2, -0.15) is 0 Å². The van der Waals surface area contributed by atoms with E-state index < -0.39 is 0 Å². The minimum Gasteiger partial charge on any atom is -0.316 e. The van der Waals surface area contributed by atoms with Crippen molar-refractivity contribution in [3.8, 4) is 0 Å². The Morgan fingerprint density at radius 1 is 1.29 bits per heavy atom. The van der Waals surface area contributed by atoms with Crippen molar-refractivity contribution in [1.82, 2.24) is 5.32 Å². The highest BCUT2D eigenvalue weighted by atomic mass is 127. The van der Waals surface area contributed by atoms with Gasteiger partial charge in [-0.1, -0.05) is 26.0 Å². The molecule has 0 fully saturated rings. The van der Waals surface area contributed by atoms with Crippen molar-refractivity contribution in [3.63, 3.8) is 0 Å². The van der Waals surface area contributed by atoms with Crippen molar-refractivity contribution >= 4 is 22.6 Å². The molecule has 0 aliphatic heterocycles. The summed E-state index contributed by atoms with van der Waals surface area (Å²) in [5.74, 6) is 0.610. The molecule has 0 aromatic heterocycles. The lowest BCUT2D eigenvalue weighted by Gasteiger charge is -2.12. The fourth-order valence-electron chi connectivity index (χ4n) is 1.40. The second kappa shape index (κ2) is 6.40. The lowest BCUT2D eigenvalue weighted by Crippen LogP contribution is -2.20. The number of benzene rings is 1. The van der Waals surface area contributed by atoms with Crippen molar-refractivity contribution < 1.29 is 0 Å². The number of hydrogen-bond acceptors (Lipinski definition) is 1. The first-order chi connectivity index (χ1) is 6.74. The highest BCUT2D eigenvalue weighted by Crippen LogP contribution is 2.15. The van der Waals surface area contributed by atoms with Crippen molar-refractivity contribution in [2.75, 3.05) is 13.1 Å². The summed E-state index contributed by atoms with van der Waals surface area (Å²) < 4.78 is 1.31. The molecule has 0 aliphatic rings. The Labute approximate surface area is 100 Å². The first kappa shape index (κ1) is 12.0. The molecule has 1 aromatic carbocycles. The van der Waals surface area contributed by atoms with Crippen LogP contribution in [0.15, 0.2) is 24.3 Å². The second-order valence-corrected chi connectivity index (χ2v) is 4.90. The van der Waals surface area contributed by atoms with Gasteiger partial charge in [0.2, 0.25) is 0 Å². The smallest absolute Gasteiger partial charge is 0.0130 e. The molecular formula is C12H18IN. The maximum Gasteiger partial charge on any atom is 0.0130 e. The van der Waals surface area contributed by atoms with Crippen LogP contribution in [0.3, 0.4) is 0 Å². The standard InChI is InChI=1S/C12H18IN/c1-3-8-14-9-10(2)11-4-6-12(13)7-5-11/h4-7,10,14H,3,8-9H2,1-2H3. The summed E-state index contributed by atoms with van der Waals surface area (Å²) in [7, 11) is 0. The second-order valence-electron chi connectivity index (χ2n) is 3.66. The van der Waals surface area contributed by atoms with E-state index in [4.69, 9.17) is 0 Å². The lowest BCUT2D eigenvalue weighted by atomic mass is 10.0. The van der Waals surface area contributed by atoms with Gasteiger partial charge < -0.3 is 5.32 Å². The van der Waals surface area contributed by atoms with E-state index in [-0.39, 0.29) is 0 Å². The zero-order valence-electron chi connectivity index (χ0n) is 8.89. The van der Waals surface area contributed by atoms with E-state index in [1.165, 1.54) is 15.6 Å². The molecule has 1 aromatic rings. The Bertz CT molecular complexity index is 256. The first-order valence-electron chi connectivity index (χ1n) is 5.20. The van der Waals surface area contributed by atoms with Crippen LogP contribution in [0.1, 0.15) is 31.7 Å². The molecule has 1 nitrogen and oxygen atoms in total. The van der Waals surface area contributed by atoms with Crippen LogP contribution in [-0.2, 0) is 0 Å². The molecule has 0 saturated carbocycles. The fourth-order valence-corrected chi connectivity index (χ4v) is 1.76. The van der Waals surface area contributed by atoms with E-state index in [9.17, 15) is 0 Å². The van der Waals surface area contributed by atoms with Gasteiger partial charge in [0.1, 0.15) is 0 Å². The van der Waals surface area contributed by atoms with Crippen LogP contribution < -0.4 is 5.32 Å². The Kier molecular flexibility index (Phi) is 5.48.